The van der Waals surface area contributed by atoms with Crippen LogP contribution in [0.25, 0.3) is 0 Å². The van der Waals surface area contributed by atoms with E-state index in [4.69, 9.17) is 0 Å². The van der Waals surface area contributed by atoms with Crippen molar-refractivity contribution in [2.24, 2.45) is 0 Å². The minimum Gasteiger partial charge on any atom is -0.212 e. The van der Waals surface area contributed by atoms with E-state index in [0.29, 0.717) is 0 Å². The van der Waals surface area contributed by atoms with Gasteiger partial charge in [-0.1, -0.05) is 6.07 Å². The summed E-state index contributed by atoms with van der Waals surface area (Å²) >= 11 is 6.41. The Morgan fingerprint density at radius 2 is 2.42 bits per heavy atom. The number of nitrogens with zero attached hydrogens (tertiary/aromatic N) is 2. The highest BCUT2D eigenvalue weighted by Gasteiger charge is 2.02. The van der Waals surface area contributed by atoms with Crippen LogP contribution in [0.15, 0.2) is 21.4 Å². The van der Waals surface area contributed by atoms with Crippen molar-refractivity contribution in [3.63, 3.8) is 0 Å². The maximum atomic E-state index is 4.22. The van der Waals surface area contributed by atoms with Crippen molar-refractivity contribution < 1.29 is 0 Å². The van der Waals surface area contributed by atoms with Gasteiger partial charge in [-0.2, -0.15) is 4.37 Å². The smallest absolute Gasteiger partial charge is 0.179 e. The van der Waals surface area contributed by atoms with Crippen molar-refractivity contribution in [2.45, 2.75) is 6.42 Å². The monoisotopic (exact) mass is 260 g/mol. The van der Waals surface area contributed by atoms with Crippen LogP contribution in [-0.4, -0.2) is 9.36 Å². The fraction of sp³-hybridized carbons (Fsp3) is 0.143. The van der Waals surface area contributed by atoms with E-state index in [1.165, 1.54) is 16.4 Å². The predicted molar refractivity (Wildman–Crippen MR) is 54.7 cm³/mol. The zero-order valence-corrected chi connectivity index (χ0v) is 9.25. The van der Waals surface area contributed by atoms with Crippen molar-refractivity contribution >= 4 is 38.8 Å². The summed E-state index contributed by atoms with van der Waals surface area (Å²) in [7, 11) is 0. The van der Waals surface area contributed by atoms with E-state index < -0.39 is 0 Å². The molecule has 2 aromatic heterocycles. The lowest BCUT2D eigenvalue weighted by molar-refractivity contribution is 1.05. The van der Waals surface area contributed by atoms with Crippen LogP contribution in [0.3, 0.4) is 0 Å². The molecule has 2 nitrogen and oxygen atoms in total. The molecule has 0 aliphatic rings. The number of hydrogen-bond donors (Lipinski definition) is 0. The van der Waals surface area contributed by atoms with Crippen LogP contribution < -0.4 is 0 Å². The molecule has 0 spiro atoms. The molecule has 12 heavy (non-hydrogen) atoms. The summed E-state index contributed by atoms with van der Waals surface area (Å²) in [5, 5.41) is 2.07. The average molecular weight is 261 g/mol. The van der Waals surface area contributed by atoms with E-state index in [0.717, 1.165) is 16.2 Å². The summed E-state index contributed by atoms with van der Waals surface area (Å²) in [4.78, 5) is 5.52. The minimum absolute atomic E-state index is 0.847. The summed E-state index contributed by atoms with van der Waals surface area (Å²) in [6.07, 6.45) is 0.847. The molecule has 0 atom stereocenters. The Morgan fingerprint density at radius 1 is 1.50 bits per heavy atom. The summed E-state index contributed by atoms with van der Waals surface area (Å²) in [5.41, 5.74) is 0. The maximum absolute atomic E-state index is 4.22. The molecule has 0 aliphatic carbocycles. The van der Waals surface area contributed by atoms with E-state index in [1.54, 1.807) is 11.3 Å². The second-order valence-electron chi connectivity index (χ2n) is 2.22. The fourth-order valence-corrected chi connectivity index (χ4v) is 2.43. The number of rotatable bonds is 2. The summed E-state index contributed by atoms with van der Waals surface area (Å²) in [5.74, 6) is 0.898. The van der Waals surface area contributed by atoms with Crippen LogP contribution >= 0.6 is 38.8 Å². The van der Waals surface area contributed by atoms with Crippen LogP contribution in [0.4, 0.5) is 0 Å². The highest BCUT2D eigenvalue weighted by atomic mass is 79.9. The third-order valence-electron chi connectivity index (χ3n) is 1.36. The van der Waals surface area contributed by atoms with Gasteiger partial charge < -0.3 is 0 Å². The van der Waals surface area contributed by atoms with Crippen LogP contribution in [-0.2, 0) is 6.42 Å². The highest BCUT2D eigenvalue weighted by molar-refractivity contribution is 9.11. The van der Waals surface area contributed by atoms with Crippen LogP contribution in [0.5, 0.6) is 0 Å². The molecule has 0 aromatic carbocycles. The minimum atomic E-state index is 0.847. The van der Waals surface area contributed by atoms with Crippen molar-refractivity contribution in [1.29, 1.82) is 0 Å². The van der Waals surface area contributed by atoms with E-state index in [-0.39, 0.29) is 0 Å². The van der Waals surface area contributed by atoms with Crippen LogP contribution in [0.2, 0.25) is 0 Å². The second kappa shape index (κ2) is 3.64. The topological polar surface area (TPSA) is 25.8 Å². The number of aromatic nitrogens is 2. The molecule has 0 fully saturated rings. The molecule has 0 radical (unpaired) electrons. The normalized spacial score (nSPS) is 10.4. The molecule has 5 heteroatoms. The molecular formula is C7H5BrN2S2. The maximum Gasteiger partial charge on any atom is 0.179 e. The second-order valence-corrected chi connectivity index (χ2v) is 5.28. The SMILES string of the molecule is Brc1nc(Cc2cccs2)ns1. The summed E-state index contributed by atoms with van der Waals surface area (Å²) < 4.78 is 5.04. The molecule has 0 saturated carbocycles. The molecule has 2 rings (SSSR count). The molecule has 0 amide bonds. The lowest BCUT2D eigenvalue weighted by Gasteiger charge is -1.87. The van der Waals surface area contributed by atoms with Crippen LogP contribution in [0, 0.1) is 0 Å². The Labute approximate surface area is 86.6 Å². The Kier molecular flexibility index (Phi) is 2.53. The van der Waals surface area contributed by atoms with Crippen molar-refractivity contribution in [2.75, 3.05) is 0 Å². The number of thiophene rings is 1. The Bertz CT molecular complexity index is 355. The zero-order chi connectivity index (χ0) is 8.39. The molecule has 62 valence electrons. The van der Waals surface area contributed by atoms with E-state index >= 15 is 0 Å². The predicted octanol–water partition coefficient (Wildman–Crippen LogP) is 2.95. The van der Waals surface area contributed by atoms with Gasteiger partial charge in [0.1, 0.15) is 5.82 Å². The van der Waals surface area contributed by atoms with Gasteiger partial charge in [0.15, 0.2) is 3.92 Å². The molecule has 0 N–H and O–H groups in total. The Hall–Kier alpha value is -0.260. The van der Waals surface area contributed by atoms with E-state index in [1.807, 2.05) is 6.07 Å². The van der Waals surface area contributed by atoms with Gasteiger partial charge in [0.2, 0.25) is 0 Å². The summed E-state index contributed by atoms with van der Waals surface area (Å²) in [6.45, 7) is 0. The van der Waals surface area contributed by atoms with Gasteiger partial charge in [-0.05, 0) is 38.9 Å². The lowest BCUT2D eigenvalue weighted by atomic mass is 10.3. The molecule has 2 heterocycles. The third kappa shape index (κ3) is 1.91. The zero-order valence-electron chi connectivity index (χ0n) is 6.03. The quantitative estimate of drug-likeness (QED) is 0.830. The molecule has 0 bridgehead atoms. The van der Waals surface area contributed by atoms with Gasteiger partial charge in [0, 0.05) is 11.3 Å². The average Bonchev–Trinajstić information content (AvgIpc) is 2.63. The number of hydrogen-bond acceptors (Lipinski definition) is 4. The fourth-order valence-electron chi connectivity index (χ4n) is 0.873. The first-order valence-electron chi connectivity index (χ1n) is 3.35. The number of halogens is 1. The standard InChI is InChI=1S/C7H5BrN2S2/c8-7-9-6(10-12-7)4-5-2-1-3-11-5/h1-3H,4H2. The molecule has 0 saturated heterocycles. The lowest BCUT2D eigenvalue weighted by Crippen LogP contribution is -1.86. The Morgan fingerprint density at radius 3 is 3.00 bits per heavy atom. The first-order chi connectivity index (χ1) is 5.84. The molecule has 0 unspecified atom stereocenters. The van der Waals surface area contributed by atoms with Gasteiger partial charge in [-0.15, -0.1) is 11.3 Å². The van der Waals surface area contributed by atoms with Gasteiger partial charge in [-0.25, -0.2) is 4.98 Å². The first kappa shape index (κ1) is 8.34. The first-order valence-corrected chi connectivity index (χ1v) is 5.79. The molecule has 0 aliphatic heterocycles. The largest absolute Gasteiger partial charge is 0.212 e. The molecule has 2 aromatic rings. The van der Waals surface area contributed by atoms with Crippen molar-refractivity contribution in [3.05, 3.63) is 32.1 Å². The van der Waals surface area contributed by atoms with Gasteiger partial charge in [-0.3, -0.25) is 0 Å². The van der Waals surface area contributed by atoms with Gasteiger partial charge in [0.25, 0.3) is 0 Å². The Balaban J connectivity index is 2.14. The van der Waals surface area contributed by atoms with E-state index in [2.05, 4.69) is 36.7 Å². The van der Waals surface area contributed by atoms with Crippen molar-refractivity contribution in [1.82, 2.24) is 9.36 Å². The van der Waals surface area contributed by atoms with E-state index in [9.17, 15) is 0 Å². The van der Waals surface area contributed by atoms with Gasteiger partial charge in [0.05, 0.1) is 0 Å². The summed E-state index contributed by atoms with van der Waals surface area (Å²) in [6, 6.07) is 4.14. The third-order valence-corrected chi connectivity index (χ3v) is 3.39. The van der Waals surface area contributed by atoms with Gasteiger partial charge >= 0.3 is 0 Å². The molecular weight excluding hydrogens is 256 g/mol. The van der Waals surface area contributed by atoms with Crippen molar-refractivity contribution in [3.8, 4) is 0 Å². The highest BCUT2D eigenvalue weighted by Crippen LogP contribution is 2.16. The van der Waals surface area contributed by atoms with Crippen LogP contribution in [0.1, 0.15) is 10.7 Å².